The predicted molar refractivity (Wildman–Crippen MR) is 98.6 cm³/mol. The molecule has 26 heavy (non-hydrogen) atoms. The molecule has 1 heterocycles. The van der Waals surface area contributed by atoms with Crippen LogP contribution in [-0.4, -0.2) is 38.1 Å². The number of hydrogen-bond donors (Lipinski definition) is 1. The largest absolute Gasteiger partial charge is 0.497 e. The zero-order valence-electron chi connectivity index (χ0n) is 14.9. The van der Waals surface area contributed by atoms with Crippen molar-refractivity contribution >= 4 is 17.5 Å². The smallest absolute Gasteiger partial charge is 0.258 e. The first-order valence-corrected chi connectivity index (χ1v) is 8.48. The second-order valence-electron chi connectivity index (χ2n) is 6.28. The summed E-state index contributed by atoms with van der Waals surface area (Å²) in [6, 6.07) is 14.6. The van der Waals surface area contributed by atoms with Gasteiger partial charge in [-0.3, -0.25) is 9.59 Å². The van der Waals surface area contributed by atoms with E-state index in [9.17, 15) is 9.59 Å². The Kier molecular flexibility index (Phi) is 5.41. The van der Waals surface area contributed by atoms with Gasteiger partial charge in [0.25, 0.3) is 5.91 Å². The minimum Gasteiger partial charge on any atom is -0.497 e. The summed E-state index contributed by atoms with van der Waals surface area (Å²) in [5.41, 5.74) is 1.83. The standard InChI is InChI=1S/C20H22N2O4/c1-14-5-3-8-18(9-14)26-13-19(23)21-15-10-20(24)22(12-15)16-6-4-7-17(11-16)25-2/h3-9,11,15H,10,12-13H2,1-2H3,(H,21,23). The molecule has 0 spiro atoms. The topological polar surface area (TPSA) is 67.9 Å². The van der Waals surface area contributed by atoms with Gasteiger partial charge >= 0.3 is 0 Å². The molecule has 6 heteroatoms. The molecule has 1 unspecified atom stereocenters. The number of methoxy groups -OCH3 is 1. The van der Waals surface area contributed by atoms with Crippen molar-refractivity contribution in [3.63, 3.8) is 0 Å². The zero-order valence-corrected chi connectivity index (χ0v) is 14.9. The maximum atomic E-state index is 12.3. The van der Waals surface area contributed by atoms with E-state index in [1.54, 1.807) is 12.0 Å². The van der Waals surface area contributed by atoms with Gasteiger partial charge in [0.1, 0.15) is 11.5 Å². The Hall–Kier alpha value is -3.02. The average Bonchev–Trinajstić information content (AvgIpc) is 3.00. The fourth-order valence-electron chi connectivity index (χ4n) is 2.96. The van der Waals surface area contributed by atoms with Crippen molar-refractivity contribution in [2.24, 2.45) is 0 Å². The highest BCUT2D eigenvalue weighted by Gasteiger charge is 2.31. The first kappa shape index (κ1) is 17.8. The minimum absolute atomic E-state index is 0.0249. The minimum atomic E-state index is -0.239. The number of rotatable bonds is 6. The summed E-state index contributed by atoms with van der Waals surface area (Å²) < 4.78 is 10.7. The van der Waals surface area contributed by atoms with E-state index in [0.717, 1.165) is 11.3 Å². The van der Waals surface area contributed by atoms with Gasteiger partial charge in [-0.1, -0.05) is 18.2 Å². The molecule has 1 aliphatic heterocycles. The van der Waals surface area contributed by atoms with Crippen molar-refractivity contribution in [3.05, 3.63) is 54.1 Å². The number of carbonyl (C=O) groups excluding carboxylic acids is 2. The normalized spacial score (nSPS) is 16.5. The Labute approximate surface area is 152 Å². The fraction of sp³-hybridized carbons (Fsp3) is 0.300. The highest BCUT2D eigenvalue weighted by atomic mass is 16.5. The third-order valence-corrected chi connectivity index (χ3v) is 4.21. The van der Waals surface area contributed by atoms with Gasteiger partial charge in [-0.05, 0) is 36.8 Å². The lowest BCUT2D eigenvalue weighted by molar-refractivity contribution is -0.123. The number of carbonyl (C=O) groups is 2. The SMILES string of the molecule is COc1cccc(N2CC(NC(=O)COc3cccc(C)c3)CC2=O)c1. The van der Waals surface area contributed by atoms with E-state index in [4.69, 9.17) is 9.47 Å². The number of nitrogens with one attached hydrogen (secondary N) is 1. The van der Waals surface area contributed by atoms with Gasteiger partial charge in [-0.25, -0.2) is 0 Å². The fourth-order valence-corrected chi connectivity index (χ4v) is 2.96. The van der Waals surface area contributed by atoms with Crippen LogP contribution >= 0.6 is 0 Å². The molecule has 1 aliphatic rings. The van der Waals surface area contributed by atoms with Crippen LogP contribution in [0.1, 0.15) is 12.0 Å². The van der Waals surface area contributed by atoms with Gasteiger partial charge in [0.05, 0.1) is 13.2 Å². The first-order chi connectivity index (χ1) is 12.5. The molecule has 1 saturated heterocycles. The highest BCUT2D eigenvalue weighted by molar-refractivity contribution is 5.97. The first-order valence-electron chi connectivity index (χ1n) is 8.48. The molecule has 2 aromatic rings. The lowest BCUT2D eigenvalue weighted by Gasteiger charge is -2.18. The molecule has 6 nitrogen and oxygen atoms in total. The number of nitrogens with zero attached hydrogens (tertiary/aromatic N) is 1. The van der Waals surface area contributed by atoms with E-state index in [0.29, 0.717) is 18.0 Å². The molecule has 0 aliphatic carbocycles. The Morgan fingerprint density at radius 3 is 2.73 bits per heavy atom. The van der Waals surface area contributed by atoms with Crippen molar-refractivity contribution in [1.29, 1.82) is 0 Å². The van der Waals surface area contributed by atoms with Crippen LogP contribution in [0.5, 0.6) is 11.5 Å². The quantitative estimate of drug-likeness (QED) is 0.864. The van der Waals surface area contributed by atoms with Crippen LogP contribution in [0.2, 0.25) is 0 Å². The summed E-state index contributed by atoms with van der Waals surface area (Å²) >= 11 is 0. The van der Waals surface area contributed by atoms with Gasteiger partial charge in [0, 0.05) is 24.7 Å². The van der Waals surface area contributed by atoms with E-state index < -0.39 is 0 Å². The van der Waals surface area contributed by atoms with Gasteiger partial charge in [0.15, 0.2) is 6.61 Å². The Bertz CT molecular complexity index is 806. The molecule has 1 N–H and O–H groups in total. The Balaban J connectivity index is 1.54. The van der Waals surface area contributed by atoms with Gasteiger partial charge < -0.3 is 19.7 Å². The average molecular weight is 354 g/mol. The number of benzene rings is 2. The van der Waals surface area contributed by atoms with Crippen LogP contribution < -0.4 is 19.7 Å². The maximum absolute atomic E-state index is 12.3. The van der Waals surface area contributed by atoms with Gasteiger partial charge in [-0.15, -0.1) is 0 Å². The second-order valence-corrected chi connectivity index (χ2v) is 6.28. The van der Waals surface area contributed by atoms with E-state index in [1.165, 1.54) is 0 Å². The van der Waals surface area contributed by atoms with Crippen molar-refractivity contribution < 1.29 is 19.1 Å². The molecule has 2 aromatic carbocycles. The van der Waals surface area contributed by atoms with Crippen molar-refractivity contribution in [1.82, 2.24) is 5.32 Å². The lowest BCUT2D eigenvalue weighted by Crippen LogP contribution is -2.39. The molecule has 3 rings (SSSR count). The number of hydrogen-bond acceptors (Lipinski definition) is 4. The molecule has 0 radical (unpaired) electrons. The van der Waals surface area contributed by atoms with E-state index in [-0.39, 0.29) is 30.9 Å². The molecule has 0 aromatic heterocycles. The highest BCUT2D eigenvalue weighted by Crippen LogP contribution is 2.25. The predicted octanol–water partition coefficient (Wildman–Crippen LogP) is 2.30. The molecule has 0 saturated carbocycles. The van der Waals surface area contributed by atoms with E-state index in [2.05, 4.69) is 5.32 Å². The monoisotopic (exact) mass is 354 g/mol. The summed E-state index contributed by atoms with van der Waals surface area (Å²) in [5.74, 6) is 1.08. The van der Waals surface area contributed by atoms with Crippen molar-refractivity contribution in [3.8, 4) is 11.5 Å². The van der Waals surface area contributed by atoms with Gasteiger partial charge in [-0.2, -0.15) is 0 Å². The summed E-state index contributed by atoms with van der Waals surface area (Å²) in [4.78, 5) is 26.1. The molecular formula is C20H22N2O4. The van der Waals surface area contributed by atoms with Crippen molar-refractivity contribution in [2.45, 2.75) is 19.4 Å². The van der Waals surface area contributed by atoms with Crippen LogP contribution in [0.3, 0.4) is 0 Å². The number of aryl methyl sites for hydroxylation is 1. The second kappa shape index (κ2) is 7.91. The third kappa shape index (κ3) is 4.33. The Morgan fingerprint density at radius 2 is 1.96 bits per heavy atom. The lowest BCUT2D eigenvalue weighted by atomic mass is 10.2. The van der Waals surface area contributed by atoms with E-state index >= 15 is 0 Å². The summed E-state index contributed by atoms with van der Waals surface area (Å²) in [5, 5.41) is 2.86. The number of ether oxygens (including phenoxy) is 2. The third-order valence-electron chi connectivity index (χ3n) is 4.21. The summed E-state index contributed by atoms with van der Waals surface area (Å²) in [6.07, 6.45) is 0.271. The molecule has 0 bridgehead atoms. The number of amides is 2. The van der Waals surface area contributed by atoms with Crippen LogP contribution in [0.4, 0.5) is 5.69 Å². The summed E-state index contributed by atoms with van der Waals surface area (Å²) in [7, 11) is 1.59. The van der Waals surface area contributed by atoms with Gasteiger partial charge in [0.2, 0.25) is 5.91 Å². The van der Waals surface area contributed by atoms with Crippen molar-refractivity contribution in [2.75, 3.05) is 25.2 Å². The molecule has 2 amide bonds. The van der Waals surface area contributed by atoms with Crippen LogP contribution in [0.25, 0.3) is 0 Å². The zero-order chi connectivity index (χ0) is 18.5. The molecule has 136 valence electrons. The molecule has 1 fully saturated rings. The maximum Gasteiger partial charge on any atom is 0.258 e. The molecular weight excluding hydrogens is 332 g/mol. The molecule has 1 atom stereocenters. The number of anilines is 1. The van der Waals surface area contributed by atoms with E-state index in [1.807, 2.05) is 55.5 Å². The van der Waals surface area contributed by atoms with Crippen LogP contribution in [-0.2, 0) is 9.59 Å². The van der Waals surface area contributed by atoms with Crippen LogP contribution in [0, 0.1) is 6.92 Å². The Morgan fingerprint density at radius 1 is 1.19 bits per heavy atom. The summed E-state index contributed by atoms with van der Waals surface area (Å²) in [6.45, 7) is 2.32. The van der Waals surface area contributed by atoms with Crippen LogP contribution in [0.15, 0.2) is 48.5 Å².